The zero-order chi connectivity index (χ0) is 17.2. The molecule has 2 heterocycles. The molecular formula is C19H19N5O. The Labute approximate surface area is 146 Å². The normalized spacial score (nSPS) is 16.0. The first kappa shape index (κ1) is 15.5. The van der Waals surface area contributed by atoms with E-state index in [1.807, 2.05) is 41.3 Å². The summed E-state index contributed by atoms with van der Waals surface area (Å²) in [5.41, 5.74) is 4.41. The average Bonchev–Trinajstić information content (AvgIpc) is 3.30. The smallest absolute Gasteiger partial charge is 0.227 e. The number of amides is 1. The molecule has 1 aliphatic heterocycles. The highest BCUT2D eigenvalue weighted by molar-refractivity contribution is 5.80. The Bertz CT molecular complexity index is 873. The molecule has 4 rings (SSSR count). The van der Waals surface area contributed by atoms with Crippen molar-refractivity contribution in [3.8, 4) is 5.69 Å². The lowest BCUT2D eigenvalue weighted by atomic mass is 10.0. The second kappa shape index (κ2) is 6.47. The maximum atomic E-state index is 12.9. The van der Waals surface area contributed by atoms with Gasteiger partial charge in [0.05, 0.1) is 18.2 Å². The van der Waals surface area contributed by atoms with Crippen LogP contribution in [-0.4, -0.2) is 31.0 Å². The van der Waals surface area contributed by atoms with Crippen LogP contribution in [0.5, 0.6) is 0 Å². The van der Waals surface area contributed by atoms with E-state index in [0.29, 0.717) is 13.0 Å². The standard InChI is InChI=1S/C19H19N5O/c1-2-18-17-6-4-3-5-15(17)12-23(18)19(25)11-14-7-9-16(10-8-14)24-13-20-21-22-24/h3-10,13,18H,2,11-12H2,1H3. The number of carbonyl (C=O) groups is 1. The molecule has 25 heavy (non-hydrogen) atoms. The van der Waals surface area contributed by atoms with E-state index in [-0.39, 0.29) is 11.9 Å². The average molecular weight is 333 g/mol. The van der Waals surface area contributed by atoms with Crippen molar-refractivity contribution >= 4 is 5.91 Å². The number of nitrogens with zero attached hydrogens (tertiary/aromatic N) is 5. The SMILES string of the molecule is CCC1c2ccccc2CN1C(=O)Cc1ccc(-n2cnnn2)cc1. The lowest BCUT2D eigenvalue weighted by Gasteiger charge is -2.24. The predicted molar refractivity (Wildman–Crippen MR) is 92.9 cm³/mol. The van der Waals surface area contributed by atoms with Gasteiger partial charge in [0.1, 0.15) is 6.33 Å². The first-order chi connectivity index (χ1) is 12.3. The highest BCUT2D eigenvalue weighted by atomic mass is 16.2. The summed E-state index contributed by atoms with van der Waals surface area (Å²) in [5.74, 6) is 0.165. The molecule has 1 aliphatic rings. The third-order valence-corrected chi connectivity index (χ3v) is 4.74. The molecule has 126 valence electrons. The molecule has 0 fully saturated rings. The molecule has 0 radical (unpaired) electrons. The maximum absolute atomic E-state index is 12.9. The minimum atomic E-state index is 0.165. The van der Waals surface area contributed by atoms with Gasteiger partial charge in [-0.3, -0.25) is 4.79 Å². The fourth-order valence-electron chi connectivity index (χ4n) is 3.49. The summed E-state index contributed by atoms with van der Waals surface area (Å²) < 4.78 is 1.59. The van der Waals surface area contributed by atoms with Gasteiger partial charge >= 0.3 is 0 Å². The summed E-state index contributed by atoms with van der Waals surface area (Å²) in [7, 11) is 0. The minimum absolute atomic E-state index is 0.165. The number of aromatic nitrogens is 4. The number of benzene rings is 2. The lowest BCUT2D eigenvalue weighted by molar-refractivity contribution is -0.132. The van der Waals surface area contributed by atoms with Crippen LogP contribution in [0.2, 0.25) is 0 Å². The monoisotopic (exact) mass is 333 g/mol. The first-order valence-corrected chi connectivity index (χ1v) is 8.46. The van der Waals surface area contributed by atoms with E-state index in [9.17, 15) is 4.79 Å². The number of fused-ring (bicyclic) bond motifs is 1. The molecule has 1 unspecified atom stereocenters. The minimum Gasteiger partial charge on any atom is -0.331 e. The Hall–Kier alpha value is -3.02. The summed E-state index contributed by atoms with van der Waals surface area (Å²) >= 11 is 0. The molecular weight excluding hydrogens is 314 g/mol. The molecule has 1 aromatic heterocycles. The molecule has 0 aliphatic carbocycles. The lowest BCUT2D eigenvalue weighted by Crippen LogP contribution is -2.30. The summed E-state index contributed by atoms with van der Waals surface area (Å²) in [5, 5.41) is 11.1. The van der Waals surface area contributed by atoms with Gasteiger partial charge in [0.2, 0.25) is 5.91 Å². The molecule has 0 bridgehead atoms. The van der Waals surface area contributed by atoms with Gasteiger partial charge in [-0.1, -0.05) is 43.3 Å². The first-order valence-electron chi connectivity index (χ1n) is 8.46. The zero-order valence-electron chi connectivity index (χ0n) is 14.0. The number of tetrazole rings is 1. The predicted octanol–water partition coefficient (Wildman–Crippen LogP) is 2.70. The topological polar surface area (TPSA) is 63.9 Å². The summed E-state index contributed by atoms with van der Waals surface area (Å²) in [4.78, 5) is 14.9. The largest absolute Gasteiger partial charge is 0.331 e. The van der Waals surface area contributed by atoms with Gasteiger partial charge < -0.3 is 4.90 Å². The molecule has 0 spiro atoms. The zero-order valence-corrected chi connectivity index (χ0v) is 14.0. The molecule has 0 saturated carbocycles. The van der Waals surface area contributed by atoms with Crippen LogP contribution in [0.4, 0.5) is 0 Å². The van der Waals surface area contributed by atoms with E-state index in [2.05, 4.69) is 34.6 Å². The van der Waals surface area contributed by atoms with Crippen molar-refractivity contribution in [2.45, 2.75) is 32.4 Å². The number of carbonyl (C=O) groups excluding carboxylic acids is 1. The summed E-state index contributed by atoms with van der Waals surface area (Å²) in [6, 6.07) is 16.3. The van der Waals surface area contributed by atoms with Crippen molar-refractivity contribution < 1.29 is 4.79 Å². The molecule has 0 saturated heterocycles. The van der Waals surface area contributed by atoms with Crippen LogP contribution < -0.4 is 0 Å². The fourth-order valence-corrected chi connectivity index (χ4v) is 3.49. The van der Waals surface area contributed by atoms with Gasteiger partial charge in [0.15, 0.2) is 0 Å². The van der Waals surface area contributed by atoms with E-state index in [4.69, 9.17) is 0 Å². The quantitative estimate of drug-likeness (QED) is 0.736. The van der Waals surface area contributed by atoms with Crippen LogP contribution >= 0.6 is 0 Å². The van der Waals surface area contributed by atoms with Gasteiger partial charge in [-0.2, -0.15) is 0 Å². The number of rotatable bonds is 4. The van der Waals surface area contributed by atoms with Crippen molar-refractivity contribution in [1.29, 1.82) is 0 Å². The number of hydrogen-bond acceptors (Lipinski definition) is 4. The number of hydrogen-bond donors (Lipinski definition) is 0. The van der Waals surface area contributed by atoms with Crippen LogP contribution in [0.3, 0.4) is 0 Å². The van der Waals surface area contributed by atoms with Gasteiger partial charge in [-0.25, -0.2) is 4.68 Å². The van der Waals surface area contributed by atoms with E-state index < -0.39 is 0 Å². The van der Waals surface area contributed by atoms with Crippen molar-refractivity contribution in [2.75, 3.05) is 0 Å². The molecule has 6 heteroatoms. The Kier molecular flexibility index (Phi) is 4.01. The van der Waals surface area contributed by atoms with Gasteiger partial charge in [-0.15, -0.1) is 5.10 Å². The van der Waals surface area contributed by atoms with E-state index in [1.165, 1.54) is 11.1 Å². The van der Waals surface area contributed by atoms with Crippen molar-refractivity contribution in [2.24, 2.45) is 0 Å². The molecule has 1 atom stereocenters. The van der Waals surface area contributed by atoms with Crippen LogP contribution in [0, 0.1) is 0 Å². The summed E-state index contributed by atoms with van der Waals surface area (Å²) in [6.07, 6.45) is 2.88. The van der Waals surface area contributed by atoms with Gasteiger partial charge in [0.25, 0.3) is 0 Å². The summed E-state index contributed by atoms with van der Waals surface area (Å²) in [6.45, 7) is 2.84. The Balaban J connectivity index is 1.49. The van der Waals surface area contributed by atoms with E-state index in [1.54, 1.807) is 11.0 Å². The Morgan fingerprint density at radius 2 is 1.96 bits per heavy atom. The van der Waals surface area contributed by atoms with Crippen LogP contribution in [-0.2, 0) is 17.8 Å². The molecule has 1 amide bonds. The highest BCUT2D eigenvalue weighted by Gasteiger charge is 2.31. The second-order valence-corrected chi connectivity index (χ2v) is 6.24. The maximum Gasteiger partial charge on any atom is 0.227 e. The van der Waals surface area contributed by atoms with Crippen LogP contribution in [0.15, 0.2) is 54.9 Å². The molecule has 6 nitrogen and oxygen atoms in total. The Morgan fingerprint density at radius 3 is 2.68 bits per heavy atom. The molecule has 2 aromatic carbocycles. The Morgan fingerprint density at radius 1 is 1.16 bits per heavy atom. The molecule has 0 N–H and O–H groups in total. The third kappa shape index (κ3) is 2.91. The van der Waals surface area contributed by atoms with Crippen molar-refractivity contribution in [1.82, 2.24) is 25.1 Å². The van der Waals surface area contributed by atoms with Crippen LogP contribution in [0.25, 0.3) is 5.69 Å². The molecule has 3 aromatic rings. The van der Waals surface area contributed by atoms with Crippen molar-refractivity contribution in [3.63, 3.8) is 0 Å². The fraction of sp³-hybridized carbons (Fsp3) is 0.263. The third-order valence-electron chi connectivity index (χ3n) is 4.74. The highest BCUT2D eigenvalue weighted by Crippen LogP contribution is 2.36. The second-order valence-electron chi connectivity index (χ2n) is 6.24. The van der Waals surface area contributed by atoms with Crippen LogP contribution in [0.1, 0.15) is 36.1 Å². The van der Waals surface area contributed by atoms with E-state index in [0.717, 1.165) is 17.7 Å². The van der Waals surface area contributed by atoms with Crippen molar-refractivity contribution in [3.05, 3.63) is 71.5 Å². The van der Waals surface area contributed by atoms with Gasteiger partial charge in [0, 0.05) is 6.54 Å². The van der Waals surface area contributed by atoms with E-state index >= 15 is 0 Å². The van der Waals surface area contributed by atoms with Gasteiger partial charge in [-0.05, 0) is 45.7 Å².